The van der Waals surface area contributed by atoms with Crippen molar-refractivity contribution in [3.63, 3.8) is 0 Å². The van der Waals surface area contributed by atoms with Gasteiger partial charge in [0, 0.05) is 18.8 Å². The topological polar surface area (TPSA) is 55.8 Å². The van der Waals surface area contributed by atoms with E-state index in [1.54, 1.807) is 0 Å². The number of hydrogen-bond donors (Lipinski definition) is 0. The SMILES string of the molecule is CC(C)OCCC(C)(C)OCCN1C(=O)C=CC1=O.S. The zero-order valence-electron chi connectivity index (χ0n) is 12.6. The van der Waals surface area contributed by atoms with Crippen LogP contribution in [0.2, 0.25) is 0 Å². The Hall–Kier alpha value is -0.850. The molecule has 0 radical (unpaired) electrons. The van der Waals surface area contributed by atoms with Crippen LogP contribution in [0.1, 0.15) is 34.1 Å². The molecule has 1 heterocycles. The highest BCUT2D eigenvalue weighted by Gasteiger charge is 2.24. The van der Waals surface area contributed by atoms with Gasteiger partial charge in [-0.05, 0) is 34.1 Å². The molecule has 1 rings (SSSR count). The summed E-state index contributed by atoms with van der Waals surface area (Å²) in [6, 6.07) is 0. The van der Waals surface area contributed by atoms with Crippen LogP contribution in [0, 0.1) is 0 Å². The molecule has 1 aliphatic rings. The third-order valence-electron chi connectivity index (χ3n) is 2.86. The predicted octanol–water partition coefficient (Wildman–Crippen LogP) is 1.63. The molecule has 0 fully saturated rings. The third kappa shape index (κ3) is 6.54. The van der Waals surface area contributed by atoms with Crippen molar-refractivity contribution in [2.45, 2.75) is 45.8 Å². The van der Waals surface area contributed by atoms with Crippen molar-refractivity contribution in [3.8, 4) is 0 Å². The minimum atomic E-state index is -0.325. The van der Waals surface area contributed by atoms with E-state index in [0.717, 1.165) is 6.42 Å². The molecular formula is C14H25NO4S. The van der Waals surface area contributed by atoms with Gasteiger partial charge in [-0.1, -0.05) is 0 Å². The number of ether oxygens (including phenoxy) is 2. The van der Waals surface area contributed by atoms with Crippen LogP contribution in [-0.4, -0.2) is 48.2 Å². The molecule has 0 saturated carbocycles. The third-order valence-corrected chi connectivity index (χ3v) is 2.86. The number of imide groups is 1. The van der Waals surface area contributed by atoms with Crippen LogP contribution in [0.25, 0.3) is 0 Å². The van der Waals surface area contributed by atoms with Gasteiger partial charge in [0.05, 0.1) is 24.9 Å². The van der Waals surface area contributed by atoms with Gasteiger partial charge in [-0.2, -0.15) is 13.5 Å². The Morgan fingerprint density at radius 1 is 1.15 bits per heavy atom. The minimum Gasteiger partial charge on any atom is -0.379 e. The molecule has 0 aromatic heterocycles. The Kier molecular flexibility index (Phi) is 8.08. The molecule has 5 nitrogen and oxygen atoms in total. The summed E-state index contributed by atoms with van der Waals surface area (Å²) in [7, 11) is 0. The molecule has 0 atom stereocenters. The molecule has 0 N–H and O–H groups in total. The Morgan fingerprint density at radius 2 is 1.70 bits per heavy atom. The summed E-state index contributed by atoms with van der Waals surface area (Å²) in [5, 5.41) is 0. The monoisotopic (exact) mass is 303 g/mol. The quantitative estimate of drug-likeness (QED) is 0.640. The highest BCUT2D eigenvalue weighted by Crippen LogP contribution is 2.15. The average Bonchev–Trinajstić information content (AvgIpc) is 2.59. The smallest absolute Gasteiger partial charge is 0.253 e. The first-order valence-electron chi connectivity index (χ1n) is 6.61. The summed E-state index contributed by atoms with van der Waals surface area (Å²) in [6.07, 6.45) is 3.54. The van der Waals surface area contributed by atoms with Crippen LogP contribution in [0.5, 0.6) is 0 Å². The number of carbonyl (C=O) groups excluding carboxylic acids is 2. The van der Waals surface area contributed by atoms with Gasteiger partial charge in [0.2, 0.25) is 0 Å². The van der Waals surface area contributed by atoms with Gasteiger partial charge in [0.1, 0.15) is 0 Å². The highest BCUT2D eigenvalue weighted by molar-refractivity contribution is 7.59. The maximum Gasteiger partial charge on any atom is 0.253 e. The highest BCUT2D eigenvalue weighted by atomic mass is 32.1. The van der Waals surface area contributed by atoms with Crippen molar-refractivity contribution in [2.75, 3.05) is 19.8 Å². The molecule has 0 bridgehead atoms. The van der Waals surface area contributed by atoms with Crippen LogP contribution < -0.4 is 0 Å². The lowest BCUT2D eigenvalue weighted by Crippen LogP contribution is -2.36. The van der Waals surface area contributed by atoms with Gasteiger partial charge in [-0.15, -0.1) is 0 Å². The predicted molar refractivity (Wildman–Crippen MR) is 82.0 cm³/mol. The second kappa shape index (κ2) is 8.44. The van der Waals surface area contributed by atoms with E-state index in [4.69, 9.17) is 9.47 Å². The standard InChI is InChI=1S/C14H23NO4.H2S/c1-11(2)18-9-7-14(3,4)19-10-8-15-12(16)5-6-13(15)17;/h5-6,11H,7-10H2,1-4H3;1H2. The second-order valence-electron chi connectivity index (χ2n) is 5.44. The van der Waals surface area contributed by atoms with Crippen molar-refractivity contribution >= 4 is 25.3 Å². The van der Waals surface area contributed by atoms with E-state index in [-0.39, 0.29) is 37.0 Å². The van der Waals surface area contributed by atoms with E-state index >= 15 is 0 Å². The molecule has 0 spiro atoms. The molecule has 1 aliphatic heterocycles. The summed E-state index contributed by atoms with van der Waals surface area (Å²) in [5.41, 5.74) is -0.325. The Balaban J connectivity index is 0.00000361. The Labute approximate surface area is 127 Å². The fourth-order valence-electron chi connectivity index (χ4n) is 1.68. The molecule has 0 unspecified atom stereocenters. The van der Waals surface area contributed by atoms with E-state index in [0.29, 0.717) is 19.8 Å². The lowest BCUT2D eigenvalue weighted by molar-refractivity contribution is -0.139. The van der Waals surface area contributed by atoms with Crippen LogP contribution >= 0.6 is 13.5 Å². The van der Waals surface area contributed by atoms with Crippen molar-refractivity contribution in [1.82, 2.24) is 4.90 Å². The lowest BCUT2D eigenvalue weighted by Gasteiger charge is -2.26. The van der Waals surface area contributed by atoms with E-state index in [9.17, 15) is 9.59 Å². The molecule has 2 amide bonds. The van der Waals surface area contributed by atoms with Gasteiger partial charge in [-0.3, -0.25) is 14.5 Å². The van der Waals surface area contributed by atoms with Crippen molar-refractivity contribution in [3.05, 3.63) is 12.2 Å². The Bertz CT molecular complexity index is 348. The maximum atomic E-state index is 11.3. The molecule has 0 aliphatic carbocycles. The van der Waals surface area contributed by atoms with Crippen molar-refractivity contribution in [1.29, 1.82) is 0 Å². The summed E-state index contributed by atoms with van der Waals surface area (Å²) >= 11 is 0. The fourth-order valence-corrected chi connectivity index (χ4v) is 1.68. The summed E-state index contributed by atoms with van der Waals surface area (Å²) < 4.78 is 11.2. The van der Waals surface area contributed by atoms with Crippen molar-refractivity contribution in [2.24, 2.45) is 0 Å². The van der Waals surface area contributed by atoms with Gasteiger partial charge in [0.25, 0.3) is 11.8 Å². The van der Waals surface area contributed by atoms with Crippen LogP contribution in [-0.2, 0) is 19.1 Å². The summed E-state index contributed by atoms with van der Waals surface area (Å²) in [5.74, 6) is -0.538. The second-order valence-corrected chi connectivity index (χ2v) is 5.44. The Morgan fingerprint density at radius 3 is 2.20 bits per heavy atom. The first-order chi connectivity index (χ1) is 8.82. The number of hydrogen-bond acceptors (Lipinski definition) is 4. The molecule has 116 valence electrons. The summed E-state index contributed by atoms with van der Waals surface area (Å²) in [4.78, 5) is 23.8. The molecule has 0 aromatic carbocycles. The number of nitrogens with zero attached hydrogens (tertiary/aromatic N) is 1. The maximum absolute atomic E-state index is 11.3. The number of carbonyl (C=O) groups is 2. The van der Waals surface area contributed by atoms with E-state index in [1.807, 2.05) is 27.7 Å². The number of amides is 2. The van der Waals surface area contributed by atoms with Gasteiger partial charge in [0.15, 0.2) is 0 Å². The van der Waals surface area contributed by atoms with Gasteiger partial charge >= 0.3 is 0 Å². The summed E-state index contributed by atoms with van der Waals surface area (Å²) in [6.45, 7) is 9.20. The molecule has 20 heavy (non-hydrogen) atoms. The van der Waals surface area contributed by atoms with Crippen LogP contribution in [0.15, 0.2) is 12.2 Å². The molecule has 0 saturated heterocycles. The van der Waals surface area contributed by atoms with Gasteiger partial charge in [-0.25, -0.2) is 0 Å². The first-order valence-corrected chi connectivity index (χ1v) is 6.61. The largest absolute Gasteiger partial charge is 0.379 e. The molecule has 0 aromatic rings. The minimum absolute atomic E-state index is 0. The zero-order valence-corrected chi connectivity index (χ0v) is 13.6. The molecule has 6 heteroatoms. The zero-order chi connectivity index (χ0) is 14.5. The van der Waals surface area contributed by atoms with Crippen LogP contribution in [0.3, 0.4) is 0 Å². The fraction of sp³-hybridized carbons (Fsp3) is 0.714. The van der Waals surface area contributed by atoms with Crippen LogP contribution in [0.4, 0.5) is 0 Å². The van der Waals surface area contributed by atoms with Crippen molar-refractivity contribution < 1.29 is 19.1 Å². The average molecular weight is 303 g/mol. The van der Waals surface area contributed by atoms with E-state index < -0.39 is 0 Å². The van der Waals surface area contributed by atoms with Gasteiger partial charge < -0.3 is 9.47 Å². The van der Waals surface area contributed by atoms with E-state index in [1.165, 1.54) is 17.1 Å². The lowest BCUT2D eigenvalue weighted by atomic mass is 10.1. The first kappa shape index (κ1) is 19.1. The number of rotatable bonds is 8. The molecular weight excluding hydrogens is 278 g/mol. The normalized spacial score (nSPS) is 15.2. The van der Waals surface area contributed by atoms with E-state index in [2.05, 4.69) is 0 Å².